The Hall–Kier alpha value is -2.06. The molecule has 0 spiro atoms. The number of sulfonamides is 1. The van der Waals surface area contributed by atoms with Crippen LogP contribution in [0.3, 0.4) is 0 Å². The monoisotopic (exact) mass is 374 g/mol. The van der Waals surface area contributed by atoms with Crippen LogP contribution in [0.5, 0.6) is 0 Å². The lowest BCUT2D eigenvalue weighted by atomic mass is 10.00. The Morgan fingerprint density at radius 2 is 1.92 bits per heavy atom. The lowest BCUT2D eigenvalue weighted by molar-refractivity contribution is 0.282. The van der Waals surface area contributed by atoms with Gasteiger partial charge in [0.1, 0.15) is 5.01 Å². The van der Waals surface area contributed by atoms with Crippen molar-refractivity contribution >= 4 is 21.4 Å². The van der Waals surface area contributed by atoms with Crippen LogP contribution in [0.4, 0.5) is 0 Å². The SMILES string of the molecule is Cc1cc(S(=O)(=O)NCc2nccs2)ccc1-c1ccc(CO)cc1. The molecule has 3 rings (SSSR count). The average molecular weight is 374 g/mol. The van der Waals surface area contributed by atoms with Crippen LogP contribution in [-0.2, 0) is 23.2 Å². The summed E-state index contributed by atoms with van der Waals surface area (Å²) in [5.74, 6) is 0. The van der Waals surface area contributed by atoms with Gasteiger partial charge in [0.05, 0.1) is 18.0 Å². The number of aromatic nitrogens is 1. The van der Waals surface area contributed by atoms with Crippen LogP contribution in [0.15, 0.2) is 58.9 Å². The van der Waals surface area contributed by atoms with Crippen molar-refractivity contribution in [3.63, 3.8) is 0 Å². The van der Waals surface area contributed by atoms with Gasteiger partial charge in [-0.05, 0) is 41.3 Å². The van der Waals surface area contributed by atoms with Gasteiger partial charge in [0.2, 0.25) is 10.0 Å². The molecule has 25 heavy (non-hydrogen) atoms. The van der Waals surface area contributed by atoms with Crippen molar-refractivity contribution < 1.29 is 13.5 Å². The van der Waals surface area contributed by atoms with E-state index >= 15 is 0 Å². The number of hydrogen-bond acceptors (Lipinski definition) is 5. The summed E-state index contributed by atoms with van der Waals surface area (Å²) in [5.41, 5.74) is 3.65. The highest BCUT2D eigenvalue weighted by Gasteiger charge is 2.16. The van der Waals surface area contributed by atoms with Crippen molar-refractivity contribution in [3.05, 3.63) is 70.2 Å². The van der Waals surface area contributed by atoms with E-state index in [1.54, 1.807) is 24.4 Å². The number of thiazole rings is 1. The Morgan fingerprint density at radius 1 is 1.16 bits per heavy atom. The first-order valence-corrected chi connectivity index (χ1v) is 10.0. The van der Waals surface area contributed by atoms with Crippen LogP contribution in [0.1, 0.15) is 16.1 Å². The molecule has 2 N–H and O–H groups in total. The fraction of sp³-hybridized carbons (Fsp3) is 0.167. The first kappa shape index (κ1) is 17.8. The molecule has 0 atom stereocenters. The van der Waals surface area contributed by atoms with Gasteiger partial charge in [-0.25, -0.2) is 18.1 Å². The molecule has 0 fully saturated rings. The summed E-state index contributed by atoms with van der Waals surface area (Å²) < 4.78 is 27.5. The Labute approximate surface area is 151 Å². The van der Waals surface area contributed by atoms with E-state index in [9.17, 15) is 8.42 Å². The fourth-order valence-electron chi connectivity index (χ4n) is 2.50. The largest absolute Gasteiger partial charge is 0.392 e. The van der Waals surface area contributed by atoms with E-state index in [2.05, 4.69) is 9.71 Å². The molecule has 2 aromatic carbocycles. The Morgan fingerprint density at radius 3 is 2.52 bits per heavy atom. The molecule has 0 aliphatic rings. The highest BCUT2D eigenvalue weighted by Crippen LogP contribution is 2.26. The highest BCUT2D eigenvalue weighted by atomic mass is 32.2. The maximum atomic E-state index is 12.4. The molecule has 3 aromatic rings. The maximum absolute atomic E-state index is 12.4. The van der Waals surface area contributed by atoms with Gasteiger partial charge < -0.3 is 5.11 Å². The van der Waals surface area contributed by atoms with Crippen molar-refractivity contribution in [2.45, 2.75) is 25.0 Å². The second kappa shape index (κ2) is 7.45. The third-order valence-corrected chi connectivity index (χ3v) is 6.03. The Bertz CT molecular complexity index is 950. The second-order valence-corrected chi connectivity index (χ2v) is 8.33. The number of aryl methyl sites for hydroxylation is 1. The van der Waals surface area contributed by atoms with Crippen LogP contribution < -0.4 is 4.72 Å². The van der Waals surface area contributed by atoms with Crippen molar-refractivity contribution in [2.24, 2.45) is 0 Å². The van der Waals surface area contributed by atoms with E-state index in [0.717, 1.165) is 27.3 Å². The van der Waals surface area contributed by atoms with Crippen molar-refractivity contribution in [3.8, 4) is 11.1 Å². The van der Waals surface area contributed by atoms with Gasteiger partial charge in [0.15, 0.2) is 0 Å². The molecule has 0 aliphatic carbocycles. The second-order valence-electron chi connectivity index (χ2n) is 5.58. The number of hydrogen-bond donors (Lipinski definition) is 2. The minimum absolute atomic E-state index is 0.00120. The third kappa shape index (κ3) is 4.13. The van der Waals surface area contributed by atoms with Gasteiger partial charge >= 0.3 is 0 Å². The first-order valence-electron chi connectivity index (χ1n) is 7.68. The number of nitrogens with one attached hydrogen (secondary N) is 1. The van der Waals surface area contributed by atoms with Crippen LogP contribution in [0.2, 0.25) is 0 Å². The summed E-state index contributed by atoms with van der Waals surface area (Å²) in [6.07, 6.45) is 1.65. The first-order chi connectivity index (χ1) is 12.0. The zero-order valence-corrected chi connectivity index (χ0v) is 15.3. The summed E-state index contributed by atoms with van der Waals surface area (Å²) >= 11 is 1.41. The van der Waals surface area contributed by atoms with Crippen LogP contribution >= 0.6 is 11.3 Å². The Kier molecular flexibility index (Phi) is 5.29. The number of rotatable bonds is 6. The quantitative estimate of drug-likeness (QED) is 0.695. The number of aliphatic hydroxyl groups is 1. The molecule has 0 aliphatic heterocycles. The number of benzene rings is 2. The molecule has 0 radical (unpaired) electrons. The zero-order valence-electron chi connectivity index (χ0n) is 13.6. The average Bonchev–Trinajstić information content (AvgIpc) is 3.14. The molecule has 0 saturated carbocycles. The summed E-state index contributed by atoms with van der Waals surface area (Å²) in [6, 6.07) is 12.6. The van der Waals surface area contributed by atoms with E-state index < -0.39 is 10.0 Å². The predicted molar refractivity (Wildman–Crippen MR) is 98.7 cm³/mol. The molecule has 0 unspecified atom stereocenters. The van der Waals surface area contributed by atoms with Gasteiger partial charge in [0.25, 0.3) is 0 Å². The molecule has 1 heterocycles. The molecule has 5 nitrogen and oxygen atoms in total. The van der Waals surface area contributed by atoms with Crippen molar-refractivity contribution in [1.29, 1.82) is 0 Å². The molecule has 130 valence electrons. The van der Waals surface area contributed by atoms with Gasteiger partial charge in [-0.1, -0.05) is 30.3 Å². The van der Waals surface area contributed by atoms with E-state index in [0.29, 0.717) is 0 Å². The van der Waals surface area contributed by atoms with Gasteiger partial charge in [-0.15, -0.1) is 11.3 Å². The Balaban J connectivity index is 1.82. The smallest absolute Gasteiger partial charge is 0.240 e. The number of aliphatic hydroxyl groups excluding tert-OH is 1. The molecule has 7 heteroatoms. The molecule has 0 bridgehead atoms. The van der Waals surface area contributed by atoms with Crippen LogP contribution in [0, 0.1) is 6.92 Å². The lowest BCUT2D eigenvalue weighted by Gasteiger charge is -2.10. The summed E-state index contributed by atoms with van der Waals surface area (Å²) in [4.78, 5) is 4.31. The van der Waals surface area contributed by atoms with E-state index in [1.807, 2.05) is 36.6 Å². The van der Waals surface area contributed by atoms with Gasteiger partial charge in [-0.3, -0.25) is 0 Å². The van der Waals surface area contributed by atoms with Crippen molar-refractivity contribution in [2.75, 3.05) is 0 Å². The van der Waals surface area contributed by atoms with Crippen LogP contribution in [0.25, 0.3) is 11.1 Å². The molecular weight excluding hydrogens is 356 g/mol. The predicted octanol–water partition coefficient (Wildman–Crippen LogP) is 3.09. The summed E-state index contributed by atoms with van der Waals surface area (Å²) in [7, 11) is -3.58. The van der Waals surface area contributed by atoms with E-state index in [-0.39, 0.29) is 18.0 Å². The maximum Gasteiger partial charge on any atom is 0.240 e. The van der Waals surface area contributed by atoms with Crippen LogP contribution in [-0.4, -0.2) is 18.5 Å². The molecule has 0 amide bonds. The molecular formula is C18H18N2O3S2. The molecule has 1 aromatic heterocycles. The molecule has 0 saturated heterocycles. The van der Waals surface area contributed by atoms with E-state index in [1.165, 1.54) is 11.3 Å². The normalized spacial score (nSPS) is 11.6. The summed E-state index contributed by atoms with van der Waals surface area (Å²) in [5, 5.41) is 11.7. The fourth-order valence-corrected chi connectivity index (χ4v) is 4.22. The summed E-state index contributed by atoms with van der Waals surface area (Å²) in [6.45, 7) is 2.07. The zero-order chi connectivity index (χ0) is 17.9. The lowest BCUT2D eigenvalue weighted by Crippen LogP contribution is -2.23. The minimum Gasteiger partial charge on any atom is -0.392 e. The number of nitrogens with zero attached hydrogens (tertiary/aromatic N) is 1. The standard InChI is InChI=1S/C18H18N2O3S2/c1-13-10-16(25(22,23)20-11-18-19-8-9-24-18)6-7-17(13)15-4-2-14(12-21)3-5-15/h2-10,20-21H,11-12H2,1H3. The van der Waals surface area contributed by atoms with Crippen molar-refractivity contribution in [1.82, 2.24) is 9.71 Å². The topological polar surface area (TPSA) is 79.3 Å². The van der Waals surface area contributed by atoms with Gasteiger partial charge in [0, 0.05) is 11.6 Å². The van der Waals surface area contributed by atoms with E-state index in [4.69, 9.17) is 5.11 Å². The highest BCUT2D eigenvalue weighted by molar-refractivity contribution is 7.89. The minimum atomic E-state index is -3.58. The van der Waals surface area contributed by atoms with Gasteiger partial charge in [-0.2, -0.15) is 0 Å². The third-order valence-electron chi connectivity index (χ3n) is 3.85.